The van der Waals surface area contributed by atoms with Gasteiger partial charge in [0.1, 0.15) is 0 Å². The summed E-state index contributed by atoms with van der Waals surface area (Å²) in [5, 5.41) is 0. The normalized spacial score (nSPS) is 24.0. The SMILES string of the molecule is CCCC(C)C(C)C(C)CC1CC1. The maximum atomic E-state index is 2.45. The summed E-state index contributed by atoms with van der Waals surface area (Å²) in [5.41, 5.74) is 0. The van der Waals surface area contributed by atoms with Crippen LogP contribution in [0.5, 0.6) is 0 Å². The van der Waals surface area contributed by atoms with E-state index in [0.717, 1.165) is 23.7 Å². The van der Waals surface area contributed by atoms with Gasteiger partial charge in [0.15, 0.2) is 0 Å². The van der Waals surface area contributed by atoms with Crippen LogP contribution in [0.15, 0.2) is 0 Å². The molecule has 0 aliphatic heterocycles. The molecule has 1 aliphatic carbocycles. The Balaban J connectivity index is 2.21. The van der Waals surface area contributed by atoms with Gasteiger partial charge in [0.2, 0.25) is 0 Å². The van der Waals surface area contributed by atoms with E-state index >= 15 is 0 Å². The van der Waals surface area contributed by atoms with Gasteiger partial charge in [-0.2, -0.15) is 0 Å². The van der Waals surface area contributed by atoms with E-state index in [4.69, 9.17) is 0 Å². The van der Waals surface area contributed by atoms with E-state index in [0.29, 0.717) is 0 Å². The van der Waals surface area contributed by atoms with Gasteiger partial charge in [-0.05, 0) is 30.1 Å². The van der Waals surface area contributed by atoms with Crippen LogP contribution in [-0.4, -0.2) is 0 Å². The van der Waals surface area contributed by atoms with E-state index in [1.807, 2.05) is 0 Å². The Kier molecular flexibility index (Phi) is 4.28. The Hall–Kier alpha value is 0. The minimum absolute atomic E-state index is 0.929. The van der Waals surface area contributed by atoms with Gasteiger partial charge in [0, 0.05) is 0 Å². The van der Waals surface area contributed by atoms with Crippen molar-refractivity contribution < 1.29 is 0 Å². The van der Waals surface area contributed by atoms with Gasteiger partial charge in [0.05, 0.1) is 0 Å². The Morgan fingerprint density at radius 1 is 1.08 bits per heavy atom. The van der Waals surface area contributed by atoms with Crippen LogP contribution in [0.1, 0.15) is 59.8 Å². The molecule has 0 N–H and O–H groups in total. The maximum absolute atomic E-state index is 2.45. The second-order valence-electron chi connectivity index (χ2n) is 5.28. The summed E-state index contributed by atoms with van der Waals surface area (Å²) in [5.74, 6) is 3.92. The molecule has 0 nitrogen and oxygen atoms in total. The standard InChI is InChI=1S/C13H26/c1-5-6-10(2)12(4)11(3)9-13-7-8-13/h10-13H,5-9H2,1-4H3. The lowest BCUT2D eigenvalue weighted by molar-refractivity contribution is 0.245. The zero-order valence-electron chi connectivity index (χ0n) is 9.84. The van der Waals surface area contributed by atoms with E-state index in [9.17, 15) is 0 Å². The van der Waals surface area contributed by atoms with Crippen molar-refractivity contribution in [3.8, 4) is 0 Å². The van der Waals surface area contributed by atoms with Crippen molar-refractivity contribution in [1.82, 2.24) is 0 Å². The molecule has 0 aromatic rings. The molecule has 1 fully saturated rings. The lowest BCUT2D eigenvalue weighted by Crippen LogP contribution is -2.17. The Labute approximate surface area is 84.1 Å². The largest absolute Gasteiger partial charge is 0.0654 e. The molecular formula is C13H26. The van der Waals surface area contributed by atoms with E-state index < -0.39 is 0 Å². The lowest BCUT2D eigenvalue weighted by Gasteiger charge is -2.25. The van der Waals surface area contributed by atoms with Crippen molar-refractivity contribution in [1.29, 1.82) is 0 Å². The van der Waals surface area contributed by atoms with E-state index in [2.05, 4.69) is 27.7 Å². The average molecular weight is 182 g/mol. The molecule has 13 heavy (non-hydrogen) atoms. The Morgan fingerprint density at radius 3 is 2.15 bits per heavy atom. The predicted molar refractivity (Wildman–Crippen MR) is 59.7 cm³/mol. The van der Waals surface area contributed by atoms with Crippen molar-refractivity contribution in [3.63, 3.8) is 0 Å². The zero-order valence-corrected chi connectivity index (χ0v) is 9.84. The third-order valence-corrected chi connectivity index (χ3v) is 3.94. The lowest BCUT2D eigenvalue weighted by atomic mass is 9.80. The van der Waals surface area contributed by atoms with Crippen LogP contribution in [0.25, 0.3) is 0 Å². The minimum Gasteiger partial charge on any atom is -0.0654 e. The highest BCUT2D eigenvalue weighted by atomic mass is 14.3. The third-order valence-electron chi connectivity index (χ3n) is 3.94. The molecule has 0 bridgehead atoms. The van der Waals surface area contributed by atoms with Crippen LogP contribution in [0.2, 0.25) is 0 Å². The molecule has 1 rings (SSSR count). The first-order valence-electron chi connectivity index (χ1n) is 6.15. The summed E-state index contributed by atoms with van der Waals surface area (Å²) >= 11 is 0. The fourth-order valence-corrected chi connectivity index (χ4v) is 2.37. The highest BCUT2D eigenvalue weighted by molar-refractivity contribution is 4.78. The number of hydrogen-bond acceptors (Lipinski definition) is 0. The molecule has 1 aliphatic rings. The molecule has 0 aromatic heterocycles. The van der Waals surface area contributed by atoms with Gasteiger partial charge in [-0.25, -0.2) is 0 Å². The van der Waals surface area contributed by atoms with Crippen molar-refractivity contribution >= 4 is 0 Å². The summed E-state index contributed by atoms with van der Waals surface area (Å²) in [6.07, 6.45) is 7.28. The highest BCUT2D eigenvalue weighted by Crippen LogP contribution is 2.39. The molecule has 3 unspecified atom stereocenters. The smallest absolute Gasteiger partial charge is 0.0391 e. The highest BCUT2D eigenvalue weighted by Gasteiger charge is 2.27. The van der Waals surface area contributed by atoms with Crippen molar-refractivity contribution in [2.75, 3.05) is 0 Å². The summed E-state index contributed by atoms with van der Waals surface area (Å²) < 4.78 is 0. The first-order valence-corrected chi connectivity index (χ1v) is 6.15. The molecule has 0 radical (unpaired) electrons. The molecule has 0 heterocycles. The van der Waals surface area contributed by atoms with Crippen molar-refractivity contribution in [2.45, 2.75) is 59.8 Å². The molecule has 0 spiro atoms. The predicted octanol–water partition coefficient (Wildman–Crippen LogP) is 4.49. The fourth-order valence-electron chi connectivity index (χ4n) is 2.37. The molecule has 0 saturated heterocycles. The van der Waals surface area contributed by atoms with Crippen molar-refractivity contribution in [2.24, 2.45) is 23.7 Å². The molecule has 1 saturated carbocycles. The molecule has 78 valence electrons. The number of hydrogen-bond donors (Lipinski definition) is 0. The van der Waals surface area contributed by atoms with Crippen LogP contribution in [0.4, 0.5) is 0 Å². The average Bonchev–Trinajstić information content (AvgIpc) is 2.87. The molecule has 0 aromatic carbocycles. The van der Waals surface area contributed by atoms with Crippen LogP contribution >= 0.6 is 0 Å². The molecule has 0 heteroatoms. The summed E-state index contributed by atoms with van der Waals surface area (Å²) in [6.45, 7) is 9.63. The fraction of sp³-hybridized carbons (Fsp3) is 1.00. The second kappa shape index (κ2) is 5.02. The van der Waals surface area contributed by atoms with Crippen molar-refractivity contribution in [3.05, 3.63) is 0 Å². The molecule has 0 amide bonds. The van der Waals surface area contributed by atoms with Crippen LogP contribution in [0.3, 0.4) is 0 Å². The third kappa shape index (κ3) is 3.70. The molecule has 3 atom stereocenters. The van der Waals surface area contributed by atoms with E-state index in [-0.39, 0.29) is 0 Å². The van der Waals surface area contributed by atoms with E-state index in [1.54, 1.807) is 0 Å². The summed E-state index contributed by atoms with van der Waals surface area (Å²) in [4.78, 5) is 0. The topological polar surface area (TPSA) is 0 Å². The van der Waals surface area contributed by atoms with Gasteiger partial charge in [-0.3, -0.25) is 0 Å². The first-order chi connectivity index (χ1) is 6.15. The summed E-state index contributed by atoms with van der Waals surface area (Å²) in [6, 6.07) is 0. The van der Waals surface area contributed by atoms with Crippen LogP contribution in [0, 0.1) is 23.7 Å². The van der Waals surface area contributed by atoms with Gasteiger partial charge in [-0.15, -0.1) is 0 Å². The van der Waals surface area contributed by atoms with E-state index in [1.165, 1.54) is 32.1 Å². The van der Waals surface area contributed by atoms with Crippen LogP contribution in [-0.2, 0) is 0 Å². The van der Waals surface area contributed by atoms with Gasteiger partial charge in [0.25, 0.3) is 0 Å². The first kappa shape index (κ1) is 11.1. The summed E-state index contributed by atoms with van der Waals surface area (Å²) in [7, 11) is 0. The van der Waals surface area contributed by atoms with Gasteiger partial charge < -0.3 is 0 Å². The van der Waals surface area contributed by atoms with Gasteiger partial charge in [-0.1, -0.05) is 53.4 Å². The second-order valence-corrected chi connectivity index (χ2v) is 5.28. The zero-order chi connectivity index (χ0) is 9.84. The monoisotopic (exact) mass is 182 g/mol. The quantitative estimate of drug-likeness (QED) is 0.567. The minimum atomic E-state index is 0.929. The number of rotatable bonds is 6. The Morgan fingerprint density at radius 2 is 1.69 bits per heavy atom. The Bertz CT molecular complexity index is 135. The van der Waals surface area contributed by atoms with Crippen LogP contribution < -0.4 is 0 Å². The maximum Gasteiger partial charge on any atom is -0.0391 e. The van der Waals surface area contributed by atoms with Gasteiger partial charge >= 0.3 is 0 Å². The molecular weight excluding hydrogens is 156 g/mol.